The lowest BCUT2D eigenvalue weighted by Crippen LogP contribution is -2.19. The van der Waals surface area contributed by atoms with Crippen LogP contribution in [0.3, 0.4) is 0 Å². The Morgan fingerprint density at radius 1 is 1.29 bits per heavy atom. The first-order valence-electron chi connectivity index (χ1n) is 6.28. The van der Waals surface area contributed by atoms with E-state index in [1.807, 2.05) is 0 Å². The maximum absolute atomic E-state index is 6.34. The van der Waals surface area contributed by atoms with E-state index in [0.29, 0.717) is 0 Å². The minimum atomic E-state index is -0.0241. The monoisotopic (exact) mass is 290 g/mol. The van der Waals surface area contributed by atoms with E-state index in [4.69, 9.17) is 5.73 Å². The normalized spacial score (nSPS) is 20.8. The third-order valence-electron chi connectivity index (χ3n) is 4.21. The van der Waals surface area contributed by atoms with Crippen LogP contribution in [-0.2, 0) is 18.5 Å². The number of hydrogen-bond donors (Lipinski definition) is 1. The predicted octanol–water partition coefficient (Wildman–Crippen LogP) is 3.30. The van der Waals surface area contributed by atoms with E-state index in [1.165, 1.54) is 39.3 Å². The van der Waals surface area contributed by atoms with Gasteiger partial charge in [0.15, 0.2) is 0 Å². The molecule has 0 unspecified atom stereocenters. The molecule has 0 radical (unpaired) electrons. The first-order valence-corrected chi connectivity index (χ1v) is 7.07. The lowest BCUT2D eigenvalue weighted by molar-refractivity contribution is 0.633. The second kappa shape index (κ2) is 3.15. The van der Waals surface area contributed by atoms with E-state index in [2.05, 4.69) is 38.8 Å². The second-order valence-electron chi connectivity index (χ2n) is 5.46. The van der Waals surface area contributed by atoms with Crippen LogP contribution in [0.1, 0.15) is 30.4 Å². The molecular weight excluding hydrogens is 276 g/mol. The first-order chi connectivity index (χ1) is 8.17. The summed E-state index contributed by atoms with van der Waals surface area (Å²) in [6.45, 7) is 1.14. The third kappa shape index (κ3) is 1.36. The second-order valence-corrected chi connectivity index (χ2v) is 6.32. The molecule has 2 aliphatic rings. The van der Waals surface area contributed by atoms with Gasteiger partial charge in [-0.05, 0) is 58.8 Å². The number of benzene rings is 1. The molecule has 1 aliphatic heterocycles. The summed E-state index contributed by atoms with van der Waals surface area (Å²) in [5, 5.41) is 1.34. The molecule has 1 aliphatic carbocycles. The third-order valence-corrected chi connectivity index (χ3v) is 4.84. The Morgan fingerprint density at radius 2 is 2.12 bits per heavy atom. The van der Waals surface area contributed by atoms with Crippen LogP contribution in [0, 0.1) is 0 Å². The fourth-order valence-corrected chi connectivity index (χ4v) is 3.55. The van der Waals surface area contributed by atoms with Gasteiger partial charge in [-0.2, -0.15) is 0 Å². The molecule has 88 valence electrons. The van der Waals surface area contributed by atoms with E-state index in [-0.39, 0.29) is 5.54 Å². The van der Waals surface area contributed by atoms with Crippen LogP contribution in [0.5, 0.6) is 0 Å². The number of hydrogen-bond acceptors (Lipinski definition) is 1. The average Bonchev–Trinajstić information content (AvgIpc) is 2.99. The van der Waals surface area contributed by atoms with Gasteiger partial charge in [-0.1, -0.05) is 6.07 Å². The Bertz CT molecular complexity index is 623. The van der Waals surface area contributed by atoms with E-state index in [0.717, 1.165) is 19.4 Å². The van der Waals surface area contributed by atoms with Gasteiger partial charge in [0.1, 0.15) is 0 Å². The smallest absolute Gasteiger partial charge is 0.0524 e. The van der Waals surface area contributed by atoms with Gasteiger partial charge in [-0.25, -0.2) is 0 Å². The number of aromatic nitrogens is 1. The molecule has 0 atom stereocenters. The van der Waals surface area contributed by atoms with Crippen LogP contribution in [0.25, 0.3) is 10.9 Å². The molecule has 0 amide bonds. The highest BCUT2D eigenvalue weighted by Gasteiger charge is 2.40. The van der Waals surface area contributed by atoms with Crippen LogP contribution in [0.4, 0.5) is 0 Å². The van der Waals surface area contributed by atoms with Crippen LogP contribution in [-0.4, -0.2) is 4.57 Å². The molecule has 2 nitrogen and oxygen atoms in total. The average molecular weight is 291 g/mol. The van der Waals surface area contributed by atoms with Crippen molar-refractivity contribution in [3.8, 4) is 0 Å². The van der Waals surface area contributed by atoms with Gasteiger partial charge in [-0.3, -0.25) is 0 Å². The predicted molar refractivity (Wildman–Crippen MR) is 73.1 cm³/mol. The SMILES string of the molecule is NC1(c2cc3c4c(c2)c(Br)cn4CCC3)CC1. The van der Waals surface area contributed by atoms with Crippen molar-refractivity contribution in [1.29, 1.82) is 0 Å². The largest absolute Gasteiger partial charge is 0.346 e. The Hall–Kier alpha value is -0.800. The van der Waals surface area contributed by atoms with E-state index in [1.54, 1.807) is 0 Å². The number of halogens is 1. The Balaban J connectivity index is 2.06. The van der Waals surface area contributed by atoms with E-state index >= 15 is 0 Å². The van der Waals surface area contributed by atoms with E-state index < -0.39 is 0 Å². The van der Waals surface area contributed by atoms with Crippen LogP contribution >= 0.6 is 15.9 Å². The summed E-state index contributed by atoms with van der Waals surface area (Å²) < 4.78 is 3.58. The highest BCUT2D eigenvalue weighted by atomic mass is 79.9. The number of aryl methyl sites for hydroxylation is 2. The molecule has 1 aromatic heterocycles. The zero-order valence-electron chi connectivity index (χ0n) is 9.67. The molecule has 0 saturated heterocycles. The number of nitrogens with zero attached hydrogens (tertiary/aromatic N) is 1. The van der Waals surface area contributed by atoms with Crippen LogP contribution in [0.15, 0.2) is 22.8 Å². The molecule has 0 spiro atoms. The highest BCUT2D eigenvalue weighted by molar-refractivity contribution is 9.10. The maximum atomic E-state index is 6.34. The minimum Gasteiger partial charge on any atom is -0.346 e. The van der Waals surface area contributed by atoms with Crippen molar-refractivity contribution in [2.75, 3.05) is 0 Å². The Kier molecular flexibility index (Phi) is 1.88. The lowest BCUT2D eigenvalue weighted by Gasteiger charge is -2.18. The van der Waals surface area contributed by atoms with E-state index in [9.17, 15) is 0 Å². The quantitative estimate of drug-likeness (QED) is 0.858. The highest BCUT2D eigenvalue weighted by Crippen LogP contribution is 2.45. The van der Waals surface area contributed by atoms with Gasteiger partial charge < -0.3 is 10.3 Å². The fraction of sp³-hybridized carbons (Fsp3) is 0.429. The summed E-state index contributed by atoms with van der Waals surface area (Å²) in [6.07, 6.45) is 6.92. The van der Waals surface area contributed by atoms with Crippen molar-refractivity contribution in [1.82, 2.24) is 4.57 Å². The first kappa shape index (κ1) is 10.2. The topological polar surface area (TPSA) is 30.9 Å². The molecule has 1 fully saturated rings. The van der Waals surface area contributed by atoms with Crippen molar-refractivity contribution in [2.24, 2.45) is 5.73 Å². The van der Waals surface area contributed by atoms with Gasteiger partial charge in [0.25, 0.3) is 0 Å². The molecule has 2 N–H and O–H groups in total. The van der Waals surface area contributed by atoms with Gasteiger partial charge in [0.2, 0.25) is 0 Å². The molecule has 1 aromatic carbocycles. The van der Waals surface area contributed by atoms with Gasteiger partial charge in [0, 0.05) is 28.1 Å². The summed E-state index contributed by atoms with van der Waals surface area (Å²) in [6, 6.07) is 4.63. The van der Waals surface area contributed by atoms with Crippen molar-refractivity contribution in [3.05, 3.63) is 33.9 Å². The Morgan fingerprint density at radius 3 is 2.88 bits per heavy atom. The van der Waals surface area contributed by atoms with Crippen LogP contribution < -0.4 is 5.73 Å². The minimum absolute atomic E-state index is 0.0241. The lowest BCUT2D eigenvalue weighted by atomic mass is 9.96. The Labute approximate surface area is 109 Å². The van der Waals surface area contributed by atoms with Gasteiger partial charge >= 0.3 is 0 Å². The van der Waals surface area contributed by atoms with Crippen molar-refractivity contribution < 1.29 is 0 Å². The summed E-state index contributed by atoms with van der Waals surface area (Å²) >= 11 is 3.68. The fourth-order valence-electron chi connectivity index (χ4n) is 3.00. The molecule has 2 aromatic rings. The van der Waals surface area contributed by atoms with Crippen molar-refractivity contribution >= 4 is 26.8 Å². The molecule has 4 rings (SSSR count). The summed E-state index contributed by atoms with van der Waals surface area (Å²) in [5.41, 5.74) is 10.5. The molecule has 2 heterocycles. The van der Waals surface area contributed by atoms with Crippen LogP contribution in [0.2, 0.25) is 0 Å². The molecule has 1 saturated carbocycles. The summed E-state index contributed by atoms with van der Waals surface area (Å²) in [7, 11) is 0. The molecule has 17 heavy (non-hydrogen) atoms. The zero-order valence-corrected chi connectivity index (χ0v) is 11.3. The van der Waals surface area contributed by atoms with Crippen molar-refractivity contribution in [2.45, 2.75) is 37.8 Å². The standard InChI is InChI=1S/C14H15BrN2/c15-12-8-17-5-1-2-9-6-10(14(16)3-4-14)7-11(12)13(9)17/h6-8H,1-5,16H2. The number of nitrogens with two attached hydrogens (primary N) is 1. The van der Waals surface area contributed by atoms with Gasteiger partial charge in [-0.15, -0.1) is 0 Å². The molecule has 0 bridgehead atoms. The van der Waals surface area contributed by atoms with Crippen molar-refractivity contribution in [3.63, 3.8) is 0 Å². The molecular formula is C14H15BrN2. The molecule has 3 heteroatoms. The summed E-state index contributed by atoms with van der Waals surface area (Å²) in [5.74, 6) is 0. The summed E-state index contributed by atoms with van der Waals surface area (Å²) in [4.78, 5) is 0. The maximum Gasteiger partial charge on any atom is 0.0524 e. The zero-order chi connectivity index (χ0) is 11.6. The van der Waals surface area contributed by atoms with Gasteiger partial charge in [0.05, 0.1) is 5.52 Å². The number of rotatable bonds is 1.